The molecule has 24 heavy (non-hydrogen) atoms. The largest absolute Gasteiger partial charge is 0.372 e. The molecule has 3 rings (SSSR count). The van der Waals surface area contributed by atoms with E-state index in [1.54, 1.807) is 0 Å². The molecule has 4 nitrogen and oxygen atoms in total. The third-order valence-electron chi connectivity index (χ3n) is 4.41. The van der Waals surface area contributed by atoms with Gasteiger partial charge in [0.25, 0.3) is 0 Å². The van der Waals surface area contributed by atoms with Crippen LogP contribution >= 0.6 is 0 Å². The Morgan fingerprint density at radius 2 is 1.71 bits per heavy atom. The van der Waals surface area contributed by atoms with Crippen molar-refractivity contribution in [3.05, 3.63) is 64.2 Å². The summed E-state index contributed by atoms with van der Waals surface area (Å²) in [6.07, 6.45) is 0.589. The molecule has 1 heterocycles. The van der Waals surface area contributed by atoms with Crippen LogP contribution in [0.2, 0.25) is 0 Å². The molecule has 0 fully saturated rings. The molecule has 1 unspecified atom stereocenters. The molecule has 0 radical (unpaired) electrons. The quantitative estimate of drug-likeness (QED) is 0.927. The molecule has 0 aromatic heterocycles. The fourth-order valence-corrected chi connectivity index (χ4v) is 4.92. The van der Waals surface area contributed by atoms with Crippen LogP contribution in [0.15, 0.2) is 41.3 Å². The van der Waals surface area contributed by atoms with Crippen LogP contribution in [-0.2, 0) is 27.8 Å². The van der Waals surface area contributed by atoms with Gasteiger partial charge in [-0.3, -0.25) is 0 Å². The molecule has 0 spiro atoms. The van der Waals surface area contributed by atoms with Crippen LogP contribution in [-0.4, -0.2) is 21.1 Å². The highest BCUT2D eigenvalue weighted by Gasteiger charge is 2.24. The predicted molar refractivity (Wildman–Crippen MR) is 94.6 cm³/mol. The van der Waals surface area contributed by atoms with Crippen molar-refractivity contribution in [1.29, 1.82) is 0 Å². The van der Waals surface area contributed by atoms with Gasteiger partial charge in [-0.25, -0.2) is 13.1 Å². The summed E-state index contributed by atoms with van der Waals surface area (Å²) in [6.45, 7) is 6.45. The Bertz CT molecular complexity index is 836. The van der Waals surface area contributed by atoms with Crippen LogP contribution in [0.3, 0.4) is 0 Å². The molecule has 0 amide bonds. The fourth-order valence-electron chi connectivity index (χ4n) is 3.41. The minimum Gasteiger partial charge on any atom is -0.372 e. The van der Waals surface area contributed by atoms with Gasteiger partial charge in [0.1, 0.15) is 0 Å². The van der Waals surface area contributed by atoms with Crippen LogP contribution in [0.25, 0.3) is 0 Å². The third-order valence-corrected chi connectivity index (χ3v) is 6.14. The number of sulfonamides is 1. The Hall–Kier alpha value is -1.69. The van der Waals surface area contributed by atoms with Gasteiger partial charge in [0, 0.05) is 13.0 Å². The number of nitrogens with one attached hydrogen (secondary N) is 1. The molecule has 2 aromatic carbocycles. The van der Waals surface area contributed by atoms with Gasteiger partial charge in [-0.05, 0) is 43.0 Å². The topological polar surface area (TPSA) is 55.4 Å². The van der Waals surface area contributed by atoms with E-state index >= 15 is 0 Å². The minimum atomic E-state index is -3.55. The molecule has 0 aliphatic carbocycles. The van der Waals surface area contributed by atoms with E-state index in [9.17, 15) is 8.42 Å². The molecule has 2 aromatic rings. The van der Waals surface area contributed by atoms with E-state index in [1.165, 1.54) is 11.1 Å². The first-order valence-electron chi connectivity index (χ1n) is 8.13. The van der Waals surface area contributed by atoms with Crippen LogP contribution in [0, 0.1) is 20.8 Å². The number of benzene rings is 2. The zero-order valence-electron chi connectivity index (χ0n) is 14.3. The Labute approximate surface area is 143 Å². The fraction of sp³-hybridized carbons (Fsp3) is 0.368. The SMILES string of the molecule is Cc1cc(C)c(S(=O)(=O)NCC2Cc3ccccc3CO2)c(C)c1. The van der Waals surface area contributed by atoms with Gasteiger partial charge in [0.2, 0.25) is 10.0 Å². The number of hydrogen-bond acceptors (Lipinski definition) is 3. The lowest BCUT2D eigenvalue weighted by molar-refractivity contribution is 0.0322. The molecule has 1 aliphatic heterocycles. The maximum atomic E-state index is 12.7. The van der Waals surface area contributed by atoms with E-state index in [1.807, 2.05) is 45.0 Å². The van der Waals surface area contributed by atoms with Crippen molar-refractivity contribution < 1.29 is 13.2 Å². The molecular formula is C19H23NO3S. The Morgan fingerprint density at radius 1 is 1.08 bits per heavy atom. The average Bonchev–Trinajstić information content (AvgIpc) is 2.51. The van der Waals surface area contributed by atoms with Gasteiger partial charge in [0.05, 0.1) is 17.6 Å². The number of aryl methyl sites for hydroxylation is 3. The second-order valence-corrected chi connectivity index (χ2v) is 8.19. The van der Waals surface area contributed by atoms with Crippen molar-refractivity contribution in [1.82, 2.24) is 4.72 Å². The lowest BCUT2D eigenvalue weighted by Crippen LogP contribution is -2.37. The second-order valence-electron chi connectivity index (χ2n) is 6.49. The average molecular weight is 345 g/mol. The van der Waals surface area contributed by atoms with Crippen LogP contribution in [0.5, 0.6) is 0 Å². The summed E-state index contributed by atoms with van der Waals surface area (Å²) < 4.78 is 33.9. The highest BCUT2D eigenvalue weighted by Crippen LogP contribution is 2.23. The van der Waals surface area contributed by atoms with Gasteiger partial charge in [-0.15, -0.1) is 0 Å². The Balaban J connectivity index is 1.73. The van der Waals surface area contributed by atoms with Gasteiger partial charge in [-0.1, -0.05) is 42.0 Å². The molecule has 1 aliphatic rings. The van der Waals surface area contributed by atoms with Crippen LogP contribution < -0.4 is 4.72 Å². The highest BCUT2D eigenvalue weighted by molar-refractivity contribution is 7.89. The smallest absolute Gasteiger partial charge is 0.241 e. The van der Waals surface area contributed by atoms with Crippen molar-refractivity contribution in [2.75, 3.05) is 6.54 Å². The molecule has 0 bridgehead atoms. The lowest BCUT2D eigenvalue weighted by atomic mass is 9.99. The van der Waals surface area contributed by atoms with E-state index in [2.05, 4.69) is 16.9 Å². The number of rotatable bonds is 4. The van der Waals surface area contributed by atoms with Gasteiger partial charge < -0.3 is 4.74 Å². The summed E-state index contributed by atoms with van der Waals surface area (Å²) in [4.78, 5) is 0.379. The molecule has 0 saturated carbocycles. The lowest BCUT2D eigenvalue weighted by Gasteiger charge is -2.25. The summed E-state index contributed by atoms with van der Waals surface area (Å²) >= 11 is 0. The van der Waals surface area contributed by atoms with Crippen molar-refractivity contribution in [3.63, 3.8) is 0 Å². The first kappa shape index (κ1) is 17.1. The molecule has 5 heteroatoms. The Kier molecular flexibility index (Phi) is 4.76. The van der Waals surface area contributed by atoms with Crippen molar-refractivity contribution in [2.24, 2.45) is 0 Å². The highest BCUT2D eigenvalue weighted by atomic mass is 32.2. The second kappa shape index (κ2) is 6.67. The number of hydrogen-bond donors (Lipinski definition) is 1. The maximum Gasteiger partial charge on any atom is 0.241 e. The van der Waals surface area contributed by atoms with Gasteiger partial charge in [-0.2, -0.15) is 0 Å². The van der Waals surface area contributed by atoms with Crippen LogP contribution in [0.4, 0.5) is 0 Å². The minimum absolute atomic E-state index is 0.138. The molecule has 0 saturated heterocycles. The molecular weight excluding hydrogens is 322 g/mol. The van der Waals surface area contributed by atoms with E-state index < -0.39 is 10.0 Å². The van der Waals surface area contributed by atoms with Gasteiger partial charge >= 0.3 is 0 Å². The van der Waals surface area contributed by atoms with E-state index in [0.29, 0.717) is 11.5 Å². The first-order chi connectivity index (χ1) is 11.4. The van der Waals surface area contributed by atoms with E-state index in [0.717, 1.165) is 23.1 Å². The summed E-state index contributed by atoms with van der Waals surface area (Å²) in [7, 11) is -3.55. The van der Waals surface area contributed by atoms with E-state index in [4.69, 9.17) is 4.74 Å². The van der Waals surface area contributed by atoms with Crippen molar-refractivity contribution in [2.45, 2.75) is 44.8 Å². The number of ether oxygens (including phenoxy) is 1. The monoisotopic (exact) mass is 345 g/mol. The molecule has 1 atom stereocenters. The standard InChI is InChI=1S/C19H23NO3S/c1-13-8-14(2)19(15(3)9-13)24(21,22)20-11-18-10-16-6-4-5-7-17(16)12-23-18/h4-9,18,20H,10-12H2,1-3H3. The van der Waals surface area contributed by atoms with E-state index in [-0.39, 0.29) is 12.6 Å². The number of fused-ring (bicyclic) bond motifs is 1. The molecule has 1 N–H and O–H groups in total. The Morgan fingerprint density at radius 3 is 2.38 bits per heavy atom. The third kappa shape index (κ3) is 3.53. The summed E-state index contributed by atoms with van der Waals surface area (Å²) in [5.74, 6) is 0. The van der Waals surface area contributed by atoms with Crippen molar-refractivity contribution in [3.8, 4) is 0 Å². The summed E-state index contributed by atoms with van der Waals surface area (Å²) in [5, 5.41) is 0. The molecule has 128 valence electrons. The maximum absolute atomic E-state index is 12.7. The normalized spacial score (nSPS) is 17.5. The zero-order valence-corrected chi connectivity index (χ0v) is 15.1. The first-order valence-corrected chi connectivity index (χ1v) is 9.61. The predicted octanol–water partition coefficient (Wildman–Crippen LogP) is 3.03. The van der Waals surface area contributed by atoms with Crippen LogP contribution in [0.1, 0.15) is 27.8 Å². The summed E-state index contributed by atoms with van der Waals surface area (Å²) in [5.41, 5.74) is 5.03. The zero-order chi connectivity index (χ0) is 17.3. The van der Waals surface area contributed by atoms with Gasteiger partial charge in [0.15, 0.2) is 0 Å². The summed E-state index contributed by atoms with van der Waals surface area (Å²) in [6, 6.07) is 11.9. The van der Waals surface area contributed by atoms with Crippen molar-refractivity contribution >= 4 is 10.0 Å².